The van der Waals surface area contributed by atoms with Crippen LogP contribution in [0.25, 0.3) is 10.9 Å². The van der Waals surface area contributed by atoms with Crippen molar-refractivity contribution in [1.82, 2.24) is 36.5 Å². The normalized spacial score (nSPS) is 18.8. The number of nitrogens with zero attached hydrogens (tertiary/aromatic N) is 1. The Hall–Kier alpha value is -5.48. The molecule has 17 heteroatoms. The molecule has 276 valence electrons. The van der Waals surface area contributed by atoms with E-state index in [2.05, 4.69) is 31.6 Å². The van der Waals surface area contributed by atoms with Gasteiger partial charge in [0.15, 0.2) is 0 Å². The van der Waals surface area contributed by atoms with Gasteiger partial charge in [0.2, 0.25) is 47.3 Å². The van der Waals surface area contributed by atoms with Gasteiger partial charge in [-0.15, -0.1) is 0 Å². The highest BCUT2D eigenvalue weighted by Gasteiger charge is 2.39. The predicted octanol–water partition coefficient (Wildman–Crippen LogP) is -1.65. The molecule has 0 aliphatic carbocycles. The molecular formula is C34H47N9O8. The summed E-state index contributed by atoms with van der Waals surface area (Å²) in [4.78, 5) is 106. The molecule has 17 nitrogen and oxygen atoms in total. The lowest BCUT2D eigenvalue weighted by Gasteiger charge is -2.29. The Morgan fingerprint density at radius 1 is 0.941 bits per heavy atom. The highest BCUT2D eigenvalue weighted by molar-refractivity contribution is 5.97. The van der Waals surface area contributed by atoms with Crippen molar-refractivity contribution < 1.29 is 38.4 Å². The van der Waals surface area contributed by atoms with Gasteiger partial charge in [-0.1, -0.05) is 32.0 Å². The number of para-hydroxylation sites is 1. The first-order valence-corrected chi connectivity index (χ1v) is 17.1. The van der Waals surface area contributed by atoms with Crippen LogP contribution in [0.2, 0.25) is 0 Å². The molecule has 8 amide bonds. The van der Waals surface area contributed by atoms with E-state index in [9.17, 15) is 38.4 Å². The minimum atomic E-state index is -1.17. The number of hydrogen-bond acceptors (Lipinski definition) is 8. The minimum absolute atomic E-state index is 0.0257. The average Bonchev–Trinajstić information content (AvgIpc) is 3.84. The number of carbonyl (C=O) groups excluding carboxylic acids is 8. The van der Waals surface area contributed by atoms with Crippen LogP contribution in [0.3, 0.4) is 0 Å². The third-order valence-electron chi connectivity index (χ3n) is 8.99. The zero-order valence-corrected chi connectivity index (χ0v) is 28.8. The van der Waals surface area contributed by atoms with Crippen LogP contribution < -0.4 is 38.1 Å². The molecule has 0 spiro atoms. The van der Waals surface area contributed by atoms with Crippen molar-refractivity contribution >= 4 is 58.2 Å². The first-order valence-electron chi connectivity index (χ1n) is 17.1. The van der Waals surface area contributed by atoms with Crippen LogP contribution in [0.5, 0.6) is 0 Å². The molecule has 0 saturated carbocycles. The number of hydrogen-bond donors (Lipinski definition) is 8. The number of likely N-dealkylation sites (tertiary alicyclic amines) is 1. The Morgan fingerprint density at radius 3 is 2.35 bits per heavy atom. The fourth-order valence-electron chi connectivity index (χ4n) is 6.38. The van der Waals surface area contributed by atoms with Crippen molar-refractivity contribution in [1.29, 1.82) is 0 Å². The van der Waals surface area contributed by atoms with Crippen molar-refractivity contribution in [3.8, 4) is 0 Å². The maximum absolute atomic E-state index is 13.6. The summed E-state index contributed by atoms with van der Waals surface area (Å²) in [6.45, 7) is 3.42. The van der Waals surface area contributed by atoms with Crippen molar-refractivity contribution in [2.45, 2.75) is 95.4 Å². The van der Waals surface area contributed by atoms with Gasteiger partial charge in [0.05, 0.1) is 6.54 Å². The van der Waals surface area contributed by atoms with Crippen molar-refractivity contribution in [3.05, 3.63) is 36.0 Å². The van der Waals surface area contributed by atoms with E-state index in [1.807, 2.05) is 38.1 Å². The molecule has 2 aliphatic rings. The summed E-state index contributed by atoms with van der Waals surface area (Å²) in [5.74, 6) is -4.81. The number of carbonyl (C=O) groups is 8. The van der Waals surface area contributed by atoms with E-state index >= 15 is 0 Å². The van der Waals surface area contributed by atoms with Crippen LogP contribution in [0.1, 0.15) is 64.4 Å². The van der Waals surface area contributed by atoms with Gasteiger partial charge in [0.1, 0.15) is 30.2 Å². The number of H-pyrrole nitrogens is 1. The van der Waals surface area contributed by atoms with Crippen LogP contribution in [0.4, 0.5) is 0 Å². The van der Waals surface area contributed by atoms with E-state index in [-0.39, 0.29) is 63.3 Å². The Labute approximate surface area is 294 Å². The number of aromatic amines is 1. The maximum Gasteiger partial charge on any atom is 0.245 e. The summed E-state index contributed by atoms with van der Waals surface area (Å²) in [6, 6.07) is 2.46. The molecule has 3 heterocycles. The van der Waals surface area contributed by atoms with E-state index in [4.69, 9.17) is 11.5 Å². The predicted molar refractivity (Wildman–Crippen MR) is 184 cm³/mol. The first kappa shape index (κ1) is 38.3. The van der Waals surface area contributed by atoms with E-state index in [0.29, 0.717) is 6.42 Å². The lowest BCUT2D eigenvalue weighted by molar-refractivity contribution is -0.142. The number of nitrogens with two attached hydrogens (primary N) is 2. The van der Waals surface area contributed by atoms with Crippen LogP contribution >= 0.6 is 0 Å². The molecule has 0 radical (unpaired) electrons. The number of fused-ring (bicyclic) bond motifs is 1. The summed E-state index contributed by atoms with van der Waals surface area (Å²) in [7, 11) is 0. The standard InChI is InChI=1S/C34H47N9O8/c1-18(2)14-25(32(49)42-24(30(36)47)15-19-16-37-21-7-4-3-6-20(19)21)40-29(46)17-38-33(50)26-8-5-13-43(26)34(51)23(9-11-27(35)44)41-31(48)22-10-12-28(45)39-22/h3-4,6-7,16,18,22-26,37H,5,8-15,17H2,1-2H3,(H2,35,44)(H2,36,47)(H,38,50)(H,39,45)(H,40,46)(H,41,48)(H,42,49). The second-order valence-corrected chi connectivity index (χ2v) is 13.4. The van der Waals surface area contributed by atoms with Crippen molar-refractivity contribution in [3.63, 3.8) is 0 Å². The van der Waals surface area contributed by atoms with Gasteiger partial charge < -0.3 is 47.9 Å². The Morgan fingerprint density at radius 2 is 1.69 bits per heavy atom. The number of rotatable bonds is 17. The molecule has 2 aromatic rings. The smallest absolute Gasteiger partial charge is 0.245 e. The number of nitrogens with one attached hydrogen (secondary N) is 6. The molecule has 0 bridgehead atoms. The van der Waals surface area contributed by atoms with E-state index in [0.717, 1.165) is 16.5 Å². The monoisotopic (exact) mass is 709 g/mol. The largest absolute Gasteiger partial charge is 0.370 e. The number of amides is 8. The summed E-state index contributed by atoms with van der Waals surface area (Å²) >= 11 is 0. The Balaban J connectivity index is 1.35. The lowest BCUT2D eigenvalue weighted by Crippen LogP contribution is -2.57. The highest BCUT2D eigenvalue weighted by Crippen LogP contribution is 2.21. The van der Waals surface area contributed by atoms with Crippen molar-refractivity contribution in [2.75, 3.05) is 13.1 Å². The van der Waals surface area contributed by atoms with Crippen molar-refractivity contribution in [2.24, 2.45) is 17.4 Å². The van der Waals surface area contributed by atoms with Crippen LogP contribution in [0, 0.1) is 5.92 Å². The third kappa shape index (κ3) is 10.5. The van der Waals surface area contributed by atoms with Gasteiger partial charge in [-0.3, -0.25) is 38.4 Å². The SMILES string of the molecule is CC(C)CC(NC(=O)CNC(=O)C1CCCN1C(=O)C(CCC(N)=O)NC(=O)C1CCC(=O)N1)C(=O)NC(Cc1c[nH]c2ccccc12)C(N)=O. The van der Waals surface area contributed by atoms with Gasteiger partial charge in [0.25, 0.3) is 0 Å². The molecule has 2 fully saturated rings. The fraction of sp³-hybridized carbons (Fsp3) is 0.529. The zero-order chi connectivity index (χ0) is 37.2. The fourth-order valence-corrected chi connectivity index (χ4v) is 6.38. The maximum atomic E-state index is 13.6. The van der Waals surface area contributed by atoms with Gasteiger partial charge in [-0.05, 0) is 49.7 Å². The van der Waals surface area contributed by atoms with E-state index in [1.54, 1.807) is 6.20 Å². The van der Waals surface area contributed by atoms with E-state index < -0.39 is 78.1 Å². The molecule has 1 aromatic heterocycles. The van der Waals surface area contributed by atoms with E-state index in [1.165, 1.54) is 4.90 Å². The molecule has 2 aliphatic heterocycles. The zero-order valence-electron chi connectivity index (χ0n) is 28.8. The summed E-state index contributed by atoms with van der Waals surface area (Å²) in [6.07, 6.45) is 2.99. The Bertz CT molecular complexity index is 1660. The summed E-state index contributed by atoms with van der Waals surface area (Å²) in [5.41, 5.74) is 12.6. The molecular weight excluding hydrogens is 662 g/mol. The lowest BCUT2D eigenvalue weighted by atomic mass is 10.0. The second-order valence-electron chi connectivity index (χ2n) is 13.4. The quantitative estimate of drug-likeness (QED) is 0.0941. The van der Waals surface area contributed by atoms with Crippen LogP contribution in [-0.4, -0.2) is 100 Å². The van der Waals surface area contributed by atoms with Gasteiger partial charge >= 0.3 is 0 Å². The molecule has 5 atom stereocenters. The van der Waals surface area contributed by atoms with Gasteiger partial charge in [-0.25, -0.2) is 0 Å². The third-order valence-corrected chi connectivity index (χ3v) is 8.99. The van der Waals surface area contributed by atoms with Gasteiger partial charge in [0, 0.05) is 42.9 Å². The molecule has 10 N–H and O–H groups in total. The molecule has 5 unspecified atom stereocenters. The summed E-state index contributed by atoms with van der Waals surface area (Å²) in [5, 5.41) is 13.8. The number of benzene rings is 1. The Kier molecular flexibility index (Phi) is 13.1. The molecule has 51 heavy (non-hydrogen) atoms. The second kappa shape index (κ2) is 17.4. The highest BCUT2D eigenvalue weighted by atomic mass is 16.2. The molecule has 1 aromatic carbocycles. The van der Waals surface area contributed by atoms with Gasteiger partial charge in [-0.2, -0.15) is 0 Å². The molecule has 4 rings (SSSR count). The number of primary amides is 2. The molecule has 2 saturated heterocycles. The number of aromatic nitrogens is 1. The topological polar surface area (TPSA) is 268 Å². The minimum Gasteiger partial charge on any atom is -0.370 e. The van der Waals surface area contributed by atoms with Crippen LogP contribution in [-0.2, 0) is 44.8 Å². The average molecular weight is 710 g/mol. The first-order chi connectivity index (χ1) is 24.2. The summed E-state index contributed by atoms with van der Waals surface area (Å²) < 4.78 is 0. The van der Waals surface area contributed by atoms with Crippen LogP contribution in [0.15, 0.2) is 30.5 Å².